The number of hydrogen-bond acceptors (Lipinski definition) is 0. The Kier molecular flexibility index (Phi) is 7.81. The molecule has 0 aliphatic rings. The van der Waals surface area contributed by atoms with Gasteiger partial charge in [0, 0.05) is 0 Å². The fourth-order valence-electron chi connectivity index (χ4n) is 6.72. The predicted molar refractivity (Wildman–Crippen MR) is 189 cm³/mol. The molecule has 0 atom stereocenters. The first-order valence-electron chi connectivity index (χ1n) is 15.7. The predicted octanol–water partition coefficient (Wildman–Crippen LogP) is 12.2. The van der Waals surface area contributed by atoms with E-state index < -0.39 is 9.16 Å². The maximum atomic E-state index is 2.44. The summed E-state index contributed by atoms with van der Waals surface area (Å²) in [5, 5.41) is 0. The quantitative estimate of drug-likeness (QED) is 0.195. The minimum Gasteiger partial charge on any atom is -0.178 e. The Labute approximate surface area is 261 Å². The zero-order valence-corrected chi connectivity index (χ0v) is 28.5. The summed E-state index contributed by atoms with van der Waals surface area (Å²) in [6.45, 7) is 20.7. The lowest BCUT2D eigenvalue weighted by Crippen LogP contribution is -2.23. The number of benzene rings is 5. The highest BCUT2D eigenvalue weighted by Gasteiger charge is 2.50. The molecule has 0 saturated carbocycles. The normalized spacial score (nSPS) is 13.7. The van der Waals surface area contributed by atoms with Crippen LogP contribution in [0.3, 0.4) is 0 Å². The first kappa shape index (κ1) is 30.9. The molecule has 0 heterocycles. The standard InChI is InChI=1S/C42H50S/c1-40(2,3)32-20-26-37(27-21-32)43(35-16-12-10-13-17-35,36-18-14-11-15-19-36,38-28-22-33(23-29-38)41(4,5)6)39-30-24-34(25-31-39)42(7,8)9/h10-31,43H,1-9H3. The van der Waals surface area contributed by atoms with Crippen molar-refractivity contribution in [1.82, 2.24) is 0 Å². The monoisotopic (exact) mass is 586 g/mol. The fraction of sp³-hybridized carbons (Fsp3) is 0.286. The largest absolute Gasteiger partial charge is 0.178 e. The zero-order valence-electron chi connectivity index (χ0n) is 27.6. The van der Waals surface area contributed by atoms with E-state index in [1.807, 2.05) is 0 Å². The Morgan fingerprint density at radius 3 is 0.698 bits per heavy atom. The van der Waals surface area contributed by atoms with Crippen molar-refractivity contribution in [2.75, 3.05) is 0 Å². The first-order chi connectivity index (χ1) is 20.2. The molecule has 0 nitrogen and oxygen atoms in total. The lowest BCUT2D eigenvalue weighted by atomic mass is 9.87. The molecule has 224 valence electrons. The van der Waals surface area contributed by atoms with Gasteiger partial charge in [0.1, 0.15) is 0 Å². The summed E-state index contributed by atoms with van der Waals surface area (Å²) in [5.41, 5.74) is 4.24. The van der Waals surface area contributed by atoms with Crippen molar-refractivity contribution in [2.45, 2.75) is 103 Å². The Hall–Kier alpha value is -3.55. The van der Waals surface area contributed by atoms with Gasteiger partial charge in [-0.25, -0.2) is 0 Å². The molecule has 0 N–H and O–H groups in total. The van der Waals surface area contributed by atoms with Crippen LogP contribution in [0.15, 0.2) is 158 Å². The molecule has 43 heavy (non-hydrogen) atoms. The summed E-state index contributed by atoms with van der Waals surface area (Å²) >= 11 is 0. The maximum Gasteiger partial charge on any atom is -0.0104 e. The van der Waals surface area contributed by atoms with Crippen LogP contribution < -0.4 is 0 Å². The van der Waals surface area contributed by atoms with Gasteiger partial charge in [-0.2, -0.15) is 9.16 Å². The molecule has 5 aromatic rings. The summed E-state index contributed by atoms with van der Waals surface area (Å²) in [5.74, 6) is 0. The SMILES string of the molecule is CC(C)(C)c1ccc([SH](c2ccccc2)(c2ccccc2)(c2ccc(C(C)(C)C)cc2)c2ccc(C(C)(C)C)cc2)cc1. The van der Waals surface area contributed by atoms with Crippen LogP contribution in [-0.4, -0.2) is 0 Å². The van der Waals surface area contributed by atoms with Crippen LogP contribution in [0.4, 0.5) is 0 Å². The minimum atomic E-state index is -3.52. The highest BCUT2D eigenvalue weighted by Crippen LogP contribution is 2.94. The summed E-state index contributed by atoms with van der Waals surface area (Å²) in [4.78, 5) is 6.81. The van der Waals surface area contributed by atoms with E-state index >= 15 is 0 Å². The van der Waals surface area contributed by atoms with E-state index in [4.69, 9.17) is 0 Å². The molecule has 0 spiro atoms. The lowest BCUT2D eigenvalue weighted by molar-refractivity contribution is 0.589. The van der Waals surface area contributed by atoms with E-state index in [0.717, 1.165) is 0 Å². The van der Waals surface area contributed by atoms with E-state index in [1.54, 1.807) is 0 Å². The molecule has 0 radical (unpaired) electrons. The summed E-state index contributed by atoms with van der Waals surface area (Å²) in [6.07, 6.45) is 0. The molecular weight excluding hydrogens is 537 g/mol. The van der Waals surface area contributed by atoms with Gasteiger partial charge in [0.15, 0.2) is 0 Å². The van der Waals surface area contributed by atoms with Crippen molar-refractivity contribution in [1.29, 1.82) is 0 Å². The molecule has 0 aliphatic carbocycles. The second-order valence-corrected chi connectivity index (χ2v) is 20.0. The van der Waals surface area contributed by atoms with Gasteiger partial charge in [-0.3, -0.25) is 0 Å². The van der Waals surface area contributed by atoms with E-state index in [1.165, 1.54) is 41.2 Å². The van der Waals surface area contributed by atoms with Crippen LogP contribution in [0.1, 0.15) is 79.0 Å². The third-order valence-corrected chi connectivity index (χ3v) is 15.9. The van der Waals surface area contributed by atoms with Crippen molar-refractivity contribution >= 4 is 9.16 Å². The summed E-state index contributed by atoms with van der Waals surface area (Å²) < 4.78 is 0. The van der Waals surface area contributed by atoms with Crippen molar-refractivity contribution in [3.05, 3.63) is 150 Å². The van der Waals surface area contributed by atoms with Gasteiger partial charge in [0.05, 0.1) is 0 Å². The van der Waals surface area contributed by atoms with E-state index in [2.05, 4.69) is 196 Å². The molecular formula is C42H50S. The lowest BCUT2D eigenvalue weighted by Gasteiger charge is -2.64. The Bertz CT molecular complexity index is 1470. The van der Waals surface area contributed by atoms with Crippen LogP contribution >= 0.6 is 9.16 Å². The topological polar surface area (TPSA) is 0 Å². The second-order valence-electron chi connectivity index (χ2n) is 15.2. The average molecular weight is 587 g/mol. The molecule has 0 aromatic heterocycles. The van der Waals surface area contributed by atoms with E-state index in [0.29, 0.717) is 0 Å². The van der Waals surface area contributed by atoms with Crippen molar-refractivity contribution in [3.63, 3.8) is 0 Å². The van der Waals surface area contributed by atoms with Gasteiger partial charge < -0.3 is 0 Å². The highest BCUT2D eigenvalue weighted by molar-refractivity contribution is 8.49. The van der Waals surface area contributed by atoms with Gasteiger partial charge in [0.25, 0.3) is 0 Å². The van der Waals surface area contributed by atoms with Crippen molar-refractivity contribution < 1.29 is 0 Å². The Morgan fingerprint density at radius 1 is 0.279 bits per heavy atom. The molecule has 1 heteroatoms. The van der Waals surface area contributed by atoms with Gasteiger partial charge in [-0.15, -0.1) is 0 Å². The molecule has 0 unspecified atom stereocenters. The molecule has 0 fully saturated rings. The third-order valence-electron chi connectivity index (χ3n) is 9.29. The van der Waals surface area contributed by atoms with Crippen molar-refractivity contribution in [2.24, 2.45) is 0 Å². The first-order valence-corrected chi connectivity index (χ1v) is 17.9. The van der Waals surface area contributed by atoms with Gasteiger partial charge >= 0.3 is 0 Å². The van der Waals surface area contributed by atoms with Gasteiger partial charge in [-0.1, -0.05) is 196 Å². The van der Waals surface area contributed by atoms with E-state index in [9.17, 15) is 0 Å². The van der Waals surface area contributed by atoms with Gasteiger partial charge in [-0.05, 0) is 57.4 Å². The van der Waals surface area contributed by atoms with Crippen molar-refractivity contribution in [3.8, 4) is 0 Å². The highest BCUT2D eigenvalue weighted by atomic mass is 32.3. The number of rotatable bonds is 5. The molecule has 5 rings (SSSR count). The van der Waals surface area contributed by atoms with Crippen LogP contribution in [-0.2, 0) is 16.2 Å². The smallest absolute Gasteiger partial charge is 0.0104 e. The molecule has 0 amide bonds. The molecule has 5 aromatic carbocycles. The van der Waals surface area contributed by atoms with E-state index in [-0.39, 0.29) is 16.2 Å². The van der Waals surface area contributed by atoms with Crippen LogP contribution in [0.25, 0.3) is 0 Å². The number of thiol groups is 1. The summed E-state index contributed by atoms with van der Waals surface area (Å²) in [7, 11) is -3.52. The summed E-state index contributed by atoms with van der Waals surface area (Å²) in [6, 6.07) is 51.5. The van der Waals surface area contributed by atoms with Gasteiger partial charge in [0.2, 0.25) is 0 Å². The Morgan fingerprint density at radius 2 is 0.488 bits per heavy atom. The third kappa shape index (κ3) is 5.06. The zero-order chi connectivity index (χ0) is 31.1. The van der Waals surface area contributed by atoms with Crippen LogP contribution in [0.5, 0.6) is 0 Å². The Balaban J connectivity index is 2.05. The number of hydrogen-bond donors (Lipinski definition) is 1. The second kappa shape index (κ2) is 10.9. The molecule has 0 aliphatic heterocycles. The average Bonchev–Trinajstić information content (AvgIpc) is 2.98. The molecule has 0 bridgehead atoms. The fourth-order valence-corrected chi connectivity index (χ4v) is 13.5. The minimum absolute atomic E-state index is 0.0666. The van der Waals surface area contributed by atoms with Crippen LogP contribution in [0.2, 0.25) is 0 Å². The molecule has 0 saturated heterocycles. The maximum absolute atomic E-state index is 3.52. The van der Waals surface area contributed by atoms with Crippen LogP contribution in [0, 0.1) is 0 Å².